The Morgan fingerprint density at radius 1 is 1.24 bits per heavy atom. The Morgan fingerprint density at radius 2 is 2.00 bits per heavy atom. The number of carbonyl (C=O) groups excluding carboxylic acids is 1. The zero-order chi connectivity index (χ0) is 21.2. The number of nitrogens with zero attached hydrogens (tertiary/aromatic N) is 4. The van der Waals surface area contributed by atoms with Crippen molar-refractivity contribution in [1.82, 2.24) is 25.2 Å². The Hall–Kier alpha value is -3.24. The molecule has 1 aliphatic rings. The molecule has 1 saturated heterocycles. The summed E-state index contributed by atoms with van der Waals surface area (Å²) in [7, 11) is 0. The van der Waals surface area contributed by atoms with E-state index in [0.717, 1.165) is 17.2 Å². The molecule has 0 aliphatic carbocycles. The van der Waals surface area contributed by atoms with Crippen molar-refractivity contribution in [2.24, 2.45) is 0 Å². The first-order chi connectivity index (χ1) is 13.7. The highest BCUT2D eigenvalue weighted by Gasteiger charge is 2.38. The van der Waals surface area contributed by atoms with Crippen LogP contribution in [0.3, 0.4) is 0 Å². The molecule has 2 N–H and O–H groups in total. The van der Waals surface area contributed by atoms with E-state index in [4.69, 9.17) is 0 Å². The number of carboxylic acid groups (broad SMARTS) is 1. The van der Waals surface area contributed by atoms with Crippen molar-refractivity contribution in [3.8, 4) is 11.3 Å². The molecule has 2 aromatic heterocycles. The first-order valence-electron chi connectivity index (χ1n) is 8.80. The minimum atomic E-state index is -4.53. The molecule has 3 heterocycles. The van der Waals surface area contributed by atoms with E-state index in [0.29, 0.717) is 29.8 Å². The van der Waals surface area contributed by atoms with Crippen LogP contribution < -0.4 is 5.32 Å². The van der Waals surface area contributed by atoms with Gasteiger partial charge in [-0.2, -0.15) is 13.2 Å². The Balaban J connectivity index is 1.67. The number of nitrogens with one attached hydrogen (secondary N) is 1. The summed E-state index contributed by atoms with van der Waals surface area (Å²) < 4.78 is 37.9. The number of halogens is 3. The van der Waals surface area contributed by atoms with Crippen LogP contribution in [0.15, 0.2) is 30.7 Å². The summed E-state index contributed by atoms with van der Waals surface area (Å²) in [5.41, 5.74) is 0.148. The number of likely N-dealkylation sites (tertiary alicyclic amines) is 1. The fourth-order valence-corrected chi connectivity index (χ4v) is 3.22. The van der Waals surface area contributed by atoms with Gasteiger partial charge in [0, 0.05) is 17.8 Å². The maximum Gasteiger partial charge on any atom is 0.433 e. The molecule has 8 nitrogen and oxygen atoms in total. The maximum absolute atomic E-state index is 12.6. The van der Waals surface area contributed by atoms with Gasteiger partial charge in [0.1, 0.15) is 18.1 Å². The molecule has 0 saturated carbocycles. The van der Waals surface area contributed by atoms with E-state index in [2.05, 4.69) is 20.3 Å². The van der Waals surface area contributed by atoms with Crippen LogP contribution in [0.4, 0.5) is 18.0 Å². The average Bonchev–Trinajstić information content (AvgIpc) is 3.07. The van der Waals surface area contributed by atoms with Crippen molar-refractivity contribution >= 4 is 12.0 Å². The second-order valence-corrected chi connectivity index (χ2v) is 6.67. The lowest BCUT2D eigenvalue weighted by atomic mass is 10.1. The Morgan fingerprint density at radius 3 is 2.62 bits per heavy atom. The van der Waals surface area contributed by atoms with Gasteiger partial charge in [-0.25, -0.2) is 14.8 Å². The highest BCUT2D eigenvalue weighted by molar-refractivity contribution is 5.86. The number of rotatable bonds is 4. The normalized spacial score (nSPS) is 19.2. The molecule has 0 radical (unpaired) electrons. The number of hydrogen-bond donors (Lipinski definition) is 2. The number of amides is 2. The Bertz CT molecular complexity index is 904. The Kier molecular flexibility index (Phi) is 5.66. The smallest absolute Gasteiger partial charge is 0.433 e. The van der Waals surface area contributed by atoms with Crippen molar-refractivity contribution in [1.29, 1.82) is 0 Å². The minimum Gasteiger partial charge on any atom is -0.465 e. The van der Waals surface area contributed by atoms with Gasteiger partial charge in [0.15, 0.2) is 0 Å². The summed E-state index contributed by atoms with van der Waals surface area (Å²) in [5, 5.41) is 11.9. The third kappa shape index (κ3) is 4.61. The molecule has 1 aliphatic heterocycles. The lowest BCUT2D eigenvalue weighted by Crippen LogP contribution is -2.47. The highest BCUT2D eigenvalue weighted by atomic mass is 19.4. The van der Waals surface area contributed by atoms with Crippen LogP contribution in [0.1, 0.15) is 31.2 Å². The van der Waals surface area contributed by atoms with E-state index in [9.17, 15) is 27.9 Å². The molecule has 2 atom stereocenters. The molecule has 0 spiro atoms. The summed E-state index contributed by atoms with van der Waals surface area (Å²) in [6, 6.07) is 2.65. The van der Waals surface area contributed by atoms with Crippen LogP contribution in [0.5, 0.6) is 0 Å². The summed E-state index contributed by atoms with van der Waals surface area (Å²) >= 11 is 0. The quantitative estimate of drug-likeness (QED) is 0.804. The van der Waals surface area contributed by atoms with Gasteiger partial charge in [0.05, 0.1) is 17.9 Å². The van der Waals surface area contributed by atoms with Crippen LogP contribution in [0.2, 0.25) is 0 Å². The van der Waals surface area contributed by atoms with Crippen molar-refractivity contribution in [3.63, 3.8) is 0 Å². The van der Waals surface area contributed by atoms with Crippen molar-refractivity contribution in [3.05, 3.63) is 42.1 Å². The molecular formula is C18H18F3N5O3. The molecule has 154 valence electrons. The van der Waals surface area contributed by atoms with E-state index >= 15 is 0 Å². The van der Waals surface area contributed by atoms with Crippen LogP contribution in [0, 0.1) is 0 Å². The molecule has 0 aromatic carbocycles. The van der Waals surface area contributed by atoms with Crippen LogP contribution in [0.25, 0.3) is 11.3 Å². The third-order valence-corrected chi connectivity index (χ3v) is 4.71. The lowest BCUT2D eigenvalue weighted by molar-refractivity contribution is -0.141. The summed E-state index contributed by atoms with van der Waals surface area (Å²) in [5.74, 6) is -0.423. The largest absolute Gasteiger partial charge is 0.465 e. The van der Waals surface area contributed by atoms with E-state index in [1.807, 2.05) is 0 Å². The van der Waals surface area contributed by atoms with E-state index in [1.54, 1.807) is 6.92 Å². The summed E-state index contributed by atoms with van der Waals surface area (Å²) in [6.45, 7) is 1.77. The number of hydrogen-bond acceptors (Lipinski definition) is 5. The molecule has 0 bridgehead atoms. The third-order valence-electron chi connectivity index (χ3n) is 4.71. The van der Waals surface area contributed by atoms with Gasteiger partial charge in [-0.15, -0.1) is 0 Å². The fourth-order valence-electron chi connectivity index (χ4n) is 3.22. The molecule has 0 unspecified atom stereocenters. The number of aromatic nitrogens is 3. The molecule has 29 heavy (non-hydrogen) atoms. The number of carbonyl (C=O) groups is 2. The van der Waals surface area contributed by atoms with Crippen LogP contribution in [-0.4, -0.2) is 49.0 Å². The molecule has 1 fully saturated rings. The van der Waals surface area contributed by atoms with Gasteiger partial charge < -0.3 is 10.4 Å². The van der Waals surface area contributed by atoms with E-state index in [-0.39, 0.29) is 12.6 Å². The van der Waals surface area contributed by atoms with Crippen LogP contribution >= 0.6 is 0 Å². The number of alkyl halides is 3. The van der Waals surface area contributed by atoms with Crippen molar-refractivity contribution in [2.45, 2.75) is 44.6 Å². The second-order valence-electron chi connectivity index (χ2n) is 6.67. The Labute approximate surface area is 163 Å². The maximum atomic E-state index is 12.6. The topological polar surface area (TPSA) is 108 Å². The standard InChI is InChI=1S/C18H18F3N5O3/c1-10-2-4-14(26(10)17(28)29)16(27)23-8-12-6-13(25-9-24-12)11-3-5-15(22-7-11)18(19,20)21/h3,5-7,9-10,14H,2,4,8H2,1H3,(H,23,27)(H,28,29)/t10-,14+/m1/s1. The second kappa shape index (κ2) is 8.02. The van der Waals surface area contributed by atoms with Crippen molar-refractivity contribution < 1.29 is 27.9 Å². The van der Waals surface area contributed by atoms with Gasteiger partial charge in [0.2, 0.25) is 5.91 Å². The van der Waals surface area contributed by atoms with Gasteiger partial charge in [-0.05, 0) is 38.0 Å². The molecule has 11 heteroatoms. The van der Waals surface area contributed by atoms with Gasteiger partial charge in [-0.3, -0.25) is 14.7 Å². The molecule has 3 rings (SSSR count). The number of pyridine rings is 1. The zero-order valence-corrected chi connectivity index (χ0v) is 15.3. The SMILES string of the molecule is C[C@@H]1CC[C@@H](C(=O)NCc2cc(-c3ccc(C(F)(F)F)nc3)ncn2)N1C(=O)O. The molecule has 2 amide bonds. The van der Waals surface area contributed by atoms with Gasteiger partial charge >= 0.3 is 12.3 Å². The predicted molar refractivity (Wildman–Crippen MR) is 94.5 cm³/mol. The first-order valence-corrected chi connectivity index (χ1v) is 8.80. The van der Waals surface area contributed by atoms with Gasteiger partial charge in [-0.1, -0.05) is 0 Å². The minimum absolute atomic E-state index is 0.0285. The predicted octanol–water partition coefficient (Wildman–Crippen LogP) is 2.70. The first kappa shape index (κ1) is 20.5. The summed E-state index contributed by atoms with van der Waals surface area (Å²) in [6.07, 6.45) is -2.34. The average molecular weight is 409 g/mol. The lowest BCUT2D eigenvalue weighted by Gasteiger charge is -2.24. The van der Waals surface area contributed by atoms with E-state index in [1.165, 1.54) is 18.5 Å². The van der Waals surface area contributed by atoms with Crippen LogP contribution in [-0.2, 0) is 17.5 Å². The zero-order valence-electron chi connectivity index (χ0n) is 15.3. The van der Waals surface area contributed by atoms with Crippen molar-refractivity contribution in [2.75, 3.05) is 0 Å². The molecule has 2 aromatic rings. The van der Waals surface area contributed by atoms with Gasteiger partial charge in [0.25, 0.3) is 0 Å². The fraction of sp³-hybridized carbons (Fsp3) is 0.389. The summed E-state index contributed by atoms with van der Waals surface area (Å²) in [4.78, 5) is 36.3. The monoisotopic (exact) mass is 409 g/mol. The molecular weight excluding hydrogens is 391 g/mol. The van der Waals surface area contributed by atoms with E-state index < -0.39 is 29.9 Å². The highest BCUT2D eigenvalue weighted by Crippen LogP contribution is 2.28.